The fourth-order valence-corrected chi connectivity index (χ4v) is 3.60. The zero-order valence-corrected chi connectivity index (χ0v) is 14.7. The number of anilines is 1. The highest BCUT2D eigenvalue weighted by Gasteiger charge is 2.30. The van der Waals surface area contributed by atoms with E-state index in [0.717, 1.165) is 0 Å². The van der Waals surface area contributed by atoms with Crippen molar-refractivity contribution in [1.82, 2.24) is 0 Å². The fourth-order valence-electron chi connectivity index (χ4n) is 2.14. The van der Waals surface area contributed by atoms with Gasteiger partial charge in [-0.25, -0.2) is 23.2 Å². The molecule has 1 aliphatic heterocycles. The van der Waals surface area contributed by atoms with Gasteiger partial charge in [-0.1, -0.05) is 18.7 Å². The molecule has 0 fully saturated rings. The highest BCUT2D eigenvalue weighted by atomic mass is 35.7. The lowest BCUT2D eigenvalue weighted by molar-refractivity contribution is -2.00. The molecule has 1 aromatic carbocycles. The third-order valence-electron chi connectivity index (χ3n) is 3.38. The molecule has 1 unspecified atom stereocenters. The van der Waals surface area contributed by atoms with Crippen LogP contribution >= 0.6 is 11.8 Å². The predicted molar refractivity (Wildman–Crippen MR) is 77.6 cm³/mol. The summed E-state index contributed by atoms with van der Waals surface area (Å²) in [6, 6.07) is 9.54. The van der Waals surface area contributed by atoms with E-state index in [9.17, 15) is 0 Å². The van der Waals surface area contributed by atoms with Gasteiger partial charge in [0.2, 0.25) is 5.04 Å². The number of benzene rings is 1. The summed E-state index contributed by atoms with van der Waals surface area (Å²) >= 11 is 1.98. The highest BCUT2D eigenvalue weighted by Crippen LogP contribution is 2.25. The standard InChI is InChI=1S/C14H21N2S.ClHO4/c1-5-12-10-17-14(16(12)4)11-6-8-13(9-7-11)15(2)3;2-1(3,4)5/h6-9,12H,5,10H2,1-4H3;(H,2,3,4,5)/q+1;/p-1. The molecule has 8 heteroatoms. The van der Waals surface area contributed by atoms with Crippen LogP contribution in [0.25, 0.3) is 0 Å². The van der Waals surface area contributed by atoms with Gasteiger partial charge in [-0.3, -0.25) is 0 Å². The lowest BCUT2D eigenvalue weighted by Crippen LogP contribution is -2.68. The average molecular weight is 349 g/mol. The van der Waals surface area contributed by atoms with Gasteiger partial charge >= 0.3 is 0 Å². The molecule has 0 amide bonds. The first kappa shape index (κ1) is 19.2. The number of nitrogens with zero attached hydrogens (tertiary/aromatic N) is 2. The molecule has 0 radical (unpaired) electrons. The summed E-state index contributed by atoms with van der Waals surface area (Å²) in [6.45, 7) is 2.26. The normalized spacial score (nSPS) is 18.1. The third kappa shape index (κ3) is 6.12. The zero-order chi connectivity index (χ0) is 16.9. The van der Waals surface area contributed by atoms with Gasteiger partial charge in [0.1, 0.15) is 7.05 Å². The van der Waals surface area contributed by atoms with Gasteiger partial charge < -0.3 is 4.90 Å². The van der Waals surface area contributed by atoms with Crippen molar-refractivity contribution in [2.24, 2.45) is 0 Å². The lowest BCUT2D eigenvalue weighted by Gasteiger charge is -2.17. The van der Waals surface area contributed by atoms with E-state index in [4.69, 9.17) is 18.6 Å². The van der Waals surface area contributed by atoms with Crippen molar-refractivity contribution in [3.63, 3.8) is 0 Å². The molecular formula is C14H21ClN2O4S. The van der Waals surface area contributed by atoms with Gasteiger partial charge in [-0.05, 0) is 24.3 Å². The van der Waals surface area contributed by atoms with Crippen LogP contribution in [0.2, 0.25) is 0 Å². The molecule has 0 spiro atoms. The Balaban J connectivity index is 0.000000422. The number of halogens is 1. The number of rotatable bonds is 3. The van der Waals surface area contributed by atoms with E-state index >= 15 is 0 Å². The van der Waals surface area contributed by atoms with E-state index in [-0.39, 0.29) is 0 Å². The van der Waals surface area contributed by atoms with E-state index in [0.29, 0.717) is 6.04 Å². The topological polar surface area (TPSA) is 98.5 Å². The Morgan fingerprint density at radius 2 is 1.68 bits per heavy atom. The molecule has 0 bridgehead atoms. The van der Waals surface area contributed by atoms with E-state index in [2.05, 4.69) is 61.8 Å². The highest BCUT2D eigenvalue weighted by molar-refractivity contribution is 8.14. The largest absolute Gasteiger partial charge is 0.378 e. The molecule has 0 aromatic heterocycles. The zero-order valence-electron chi connectivity index (χ0n) is 13.1. The van der Waals surface area contributed by atoms with Crippen molar-refractivity contribution in [3.8, 4) is 0 Å². The van der Waals surface area contributed by atoms with Crippen LogP contribution in [0.15, 0.2) is 24.3 Å². The molecule has 22 heavy (non-hydrogen) atoms. The molecule has 0 N–H and O–H groups in total. The van der Waals surface area contributed by atoms with Crippen LogP contribution in [0.5, 0.6) is 0 Å². The van der Waals surface area contributed by atoms with Crippen LogP contribution < -0.4 is 23.5 Å². The summed E-state index contributed by atoms with van der Waals surface area (Å²) < 4.78 is 36.4. The molecule has 6 nitrogen and oxygen atoms in total. The molecule has 0 saturated heterocycles. The van der Waals surface area contributed by atoms with Crippen LogP contribution in [0, 0.1) is 10.2 Å². The Kier molecular flexibility index (Phi) is 7.11. The Bertz CT molecular complexity index is 509. The summed E-state index contributed by atoms with van der Waals surface area (Å²) in [7, 11) is 1.42. The smallest absolute Gasteiger partial charge is 0.242 e. The molecule has 124 valence electrons. The van der Waals surface area contributed by atoms with E-state index in [1.54, 1.807) is 0 Å². The Labute approximate surface area is 137 Å². The first-order valence-electron chi connectivity index (χ1n) is 6.75. The summed E-state index contributed by atoms with van der Waals surface area (Å²) in [4.78, 5) is 2.13. The van der Waals surface area contributed by atoms with Crippen molar-refractivity contribution in [3.05, 3.63) is 29.8 Å². The summed E-state index contributed by atoms with van der Waals surface area (Å²) in [5.41, 5.74) is 2.60. The van der Waals surface area contributed by atoms with Crippen LogP contribution in [0.4, 0.5) is 5.69 Å². The van der Waals surface area contributed by atoms with Gasteiger partial charge in [0, 0.05) is 26.2 Å². The Hall–Kier alpha value is -0.830. The molecule has 0 aliphatic carbocycles. The first-order valence-corrected chi connectivity index (χ1v) is 8.97. The van der Waals surface area contributed by atoms with Crippen LogP contribution in [0.3, 0.4) is 0 Å². The average Bonchev–Trinajstić information content (AvgIpc) is 2.78. The van der Waals surface area contributed by atoms with Crippen molar-refractivity contribution >= 4 is 22.5 Å². The molecule has 1 aromatic rings. The number of thioether (sulfide) groups is 1. The Morgan fingerprint density at radius 3 is 2.05 bits per heavy atom. The minimum absolute atomic E-state index is 0.698. The van der Waals surface area contributed by atoms with Crippen LogP contribution in [-0.2, 0) is 0 Å². The second kappa shape index (κ2) is 8.14. The summed E-state index contributed by atoms with van der Waals surface area (Å²) in [5.74, 6) is 1.22. The van der Waals surface area contributed by atoms with E-state index in [1.165, 1.54) is 28.5 Å². The van der Waals surface area contributed by atoms with Crippen LogP contribution in [0.1, 0.15) is 18.9 Å². The van der Waals surface area contributed by atoms with E-state index < -0.39 is 10.2 Å². The Morgan fingerprint density at radius 1 is 1.18 bits per heavy atom. The van der Waals surface area contributed by atoms with Crippen molar-refractivity contribution in [2.75, 3.05) is 31.8 Å². The summed E-state index contributed by atoms with van der Waals surface area (Å²) in [6.07, 6.45) is 1.22. The van der Waals surface area contributed by atoms with Crippen molar-refractivity contribution in [2.45, 2.75) is 19.4 Å². The molecule has 1 heterocycles. The minimum atomic E-state index is -4.94. The maximum atomic E-state index is 8.49. The van der Waals surface area contributed by atoms with Gasteiger partial charge in [0.25, 0.3) is 0 Å². The predicted octanol–water partition coefficient (Wildman–Crippen LogP) is -2.09. The third-order valence-corrected chi connectivity index (χ3v) is 4.73. The van der Waals surface area contributed by atoms with Gasteiger partial charge in [0.05, 0.1) is 11.3 Å². The first-order chi connectivity index (χ1) is 10.1. The lowest BCUT2D eigenvalue weighted by atomic mass is 10.2. The molecule has 1 aliphatic rings. The van der Waals surface area contributed by atoms with Gasteiger partial charge in [-0.2, -0.15) is 0 Å². The molecule has 1 atom stereocenters. The summed E-state index contributed by atoms with van der Waals surface area (Å²) in [5, 5.41) is 1.42. The second-order valence-electron chi connectivity index (χ2n) is 5.11. The van der Waals surface area contributed by atoms with E-state index in [1.807, 2.05) is 11.8 Å². The number of hydrogen-bond acceptors (Lipinski definition) is 6. The monoisotopic (exact) mass is 348 g/mol. The minimum Gasteiger partial charge on any atom is -0.378 e. The maximum absolute atomic E-state index is 8.49. The number of hydrogen-bond donors (Lipinski definition) is 0. The maximum Gasteiger partial charge on any atom is 0.242 e. The quantitative estimate of drug-likeness (QED) is 0.581. The van der Waals surface area contributed by atoms with Crippen molar-refractivity contribution in [1.29, 1.82) is 0 Å². The SMILES string of the molecule is CCC1CSC(c2ccc(N(C)C)cc2)=[N+]1C.[O-][Cl+3]([O-])([O-])[O-]. The molecule has 2 rings (SSSR count). The van der Waals surface area contributed by atoms with Gasteiger partial charge in [-0.15, -0.1) is 10.2 Å². The molecular weight excluding hydrogens is 328 g/mol. The van der Waals surface area contributed by atoms with Crippen LogP contribution in [-0.4, -0.2) is 42.6 Å². The molecule has 0 saturated carbocycles. The fraction of sp³-hybridized carbons (Fsp3) is 0.500. The second-order valence-corrected chi connectivity index (χ2v) is 6.87. The van der Waals surface area contributed by atoms with Crippen molar-refractivity contribution < 1.29 is 33.5 Å². The van der Waals surface area contributed by atoms with Gasteiger partial charge in [0.15, 0.2) is 6.04 Å².